The highest BCUT2D eigenvalue weighted by Crippen LogP contribution is 2.36. The monoisotopic (exact) mass is 543 g/mol. The minimum Gasteiger partial charge on any atom is -0.361 e. The molecule has 0 unspecified atom stereocenters. The molecule has 2 aromatic heterocycles. The Kier molecular flexibility index (Phi) is 7.55. The van der Waals surface area contributed by atoms with Gasteiger partial charge in [-0.2, -0.15) is 9.57 Å². The zero-order valence-electron chi connectivity index (χ0n) is 22.5. The van der Waals surface area contributed by atoms with Crippen LogP contribution in [0.2, 0.25) is 0 Å². The minimum atomic E-state index is -3.89. The van der Waals surface area contributed by atoms with Crippen molar-refractivity contribution in [2.75, 3.05) is 4.90 Å². The van der Waals surface area contributed by atoms with Gasteiger partial charge < -0.3 is 14.0 Å². The first-order valence-corrected chi connectivity index (χ1v) is 14.5. The number of benzene rings is 2. The van der Waals surface area contributed by atoms with E-state index in [9.17, 15) is 13.7 Å². The summed E-state index contributed by atoms with van der Waals surface area (Å²) in [6, 6.07) is 17.3. The maximum Gasteiger partial charge on any atom is 0.262 e. The predicted molar refractivity (Wildman–Crippen MR) is 149 cm³/mol. The molecule has 0 spiro atoms. The van der Waals surface area contributed by atoms with Gasteiger partial charge in [-0.3, -0.25) is 0 Å². The fourth-order valence-corrected chi connectivity index (χ4v) is 7.07. The minimum absolute atomic E-state index is 0.0563. The van der Waals surface area contributed by atoms with Crippen molar-refractivity contribution in [2.45, 2.75) is 56.4 Å². The zero-order chi connectivity index (χ0) is 27.6. The standard InChI is InChI=1S/C29H33N7O2S/c1-22-7-4-5-8-24(22)17-36(39(37,38)29-19-33(2)21-32-29)28-10-6-9-27(28)35(18-26-16-31-20-34(26)3)25-13-11-23(15-30)12-14-25/h4-5,7-8,11-14,16,19-21,27-28H,6,9-10,17-18H2,1-3H3/t27-,28-/m0/s1. The van der Waals surface area contributed by atoms with E-state index in [0.717, 1.165) is 41.8 Å². The molecule has 0 N–H and O–H groups in total. The molecule has 1 aliphatic rings. The zero-order valence-corrected chi connectivity index (χ0v) is 23.3. The second-order valence-electron chi connectivity index (χ2n) is 10.2. The van der Waals surface area contributed by atoms with Crippen molar-refractivity contribution in [1.29, 1.82) is 5.26 Å². The highest BCUT2D eigenvalue weighted by molar-refractivity contribution is 7.89. The highest BCUT2D eigenvalue weighted by Gasteiger charge is 2.43. The second-order valence-corrected chi connectivity index (χ2v) is 12.0. The number of hydrogen-bond donors (Lipinski definition) is 0. The number of aromatic nitrogens is 4. The molecule has 0 saturated heterocycles. The average Bonchev–Trinajstić information content (AvgIpc) is 3.68. The smallest absolute Gasteiger partial charge is 0.262 e. The third kappa shape index (κ3) is 5.46. The molecule has 0 aliphatic heterocycles. The van der Waals surface area contributed by atoms with Gasteiger partial charge in [0.1, 0.15) is 0 Å². The molecular formula is C29H33N7O2S. The van der Waals surface area contributed by atoms with Gasteiger partial charge in [0.2, 0.25) is 0 Å². The van der Waals surface area contributed by atoms with E-state index >= 15 is 0 Å². The Morgan fingerprint density at radius 1 is 1.03 bits per heavy atom. The normalized spacial score (nSPS) is 17.4. The molecule has 2 atom stereocenters. The summed E-state index contributed by atoms with van der Waals surface area (Å²) in [7, 11) is -0.160. The van der Waals surface area contributed by atoms with E-state index in [4.69, 9.17) is 0 Å². The maximum atomic E-state index is 14.2. The van der Waals surface area contributed by atoms with Crippen molar-refractivity contribution >= 4 is 15.7 Å². The first-order valence-electron chi connectivity index (χ1n) is 13.0. The van der Waals surface area contributed by atoms with Crippen molar-refractivity contribution in [3.8, 4) is 6.07 Å². The average molecular weight is 544 g/mol. The number of anilines is 1. The number of sulfonamides is 1. The number of hydrogen-bond acceptors (Lipinski definition) is 6. The first-order chi connectivity index (χ1) is 18.8. The van der Waals surface area contributed by atoms with E-state index in [-0.39, 0.29) is 23.7 Å². The largest absolute Gasteiger partial charge is 0.361 e. The van der Waals surface area contributed by atoms with Crippen molar-refractivity contribution < 1.29 is 8.42 Å². The summed E-state index contributed by atoms with van der Waals surface area (Å²) in [4.78, 5) is 10.8. The van der Waals surface area contributed by atoms with Crippen LogP contribution in [0, 0.1) is 18.3 Å². The molecule has 0 radical (unpaired) electrons. The molecule has 0 bridgehead atoms. The van der Waals surface area contributed by atoms with Crippen molar-refractivity contribution in [1.82, 2.24) is 23.4 Å². The number of nitrogens with zero attached hydrogens (tertiary/aromatic N) is 7. The lowest BCUT2D eigenvalue weighted by Gasteiger charge is -2.39. The van der Waals surface area contributed by atoms with E-state index in [1.165, 1.54) is 6.33 Å². The first kappa shape index (κ1) is 26.7. The lowest BCUT2D eigenvalue weighted by Crippen LogP contribution is -2.51. The van der Waals surface area contributed by atoms with Crippen LogP contribution in [0.1, 0.15) is 41.6 Å². The number of nitriles is 1. The van der Waals surface area contributed by atoms with E-state index in [1.54, 1.807) is 28.4 Å². The molecule has 9 nitrogen and oxygen atoms in total. The molecule has 2 heterocycles. The van der Waals surface area contributed by atoms with Gasteiger partial charge in [0.15, 0.2) is 5.03 Å². The Morgan fingerprint density at radius 2 is 1.77 bits per heavy atom. The van der Waals surface area contributed by atoms with Crippen LogP contribution in [0.4, 0.5) is 5.69 Å². The summed E-state index contributed by atoms with van der Waals surface area (Å²) < 4.78 is 33.7. The van der Waals surface area contributed by atoms with Crippen LogP contribution >= 0.6 is 0 Å². The van der Waals surface area contributed by atoms with Crippen LogP contribution in [-0.4, -0.2) is 43.9 Å². The summed E-state index contributed by atoms with van der Waals surface area (Å²) >= 11 is 0. The topological polar surface area (TPSA) is 100 Å². The van der Waals surface area contributed by atoms with E-state index in [1.807, 2.05) is 73.3 Å². The van der Waals surface area contributed by atoms with Crippen LogP contribution in [0.15, 0.2) is 78.6 Å². The number of imidazole rings is 2. The van der Waals surface area contributed by atoms with Gasteiger partial charge in [0.25, 0.3) is 10.0 Å². The van der Waals surface area contributed by atoms with E-state index < -0.39 is 10.0 Å². The lowest BCUT2D eigenvalue weighted by molar-refractivity contribution is 0.285. The summed E-state index contributed by atoms with van der Waals surface area (Å²) in [6.45, 7) is 2.84. The Hall–Kier alpha value is -3.94. The van der Waals surface area contributed by atoms with Gasteiger partial charge >= 0.3 is 0 Å². The van der Waals surface area contributed by atoms with Gasteiger partial charge in [0, 0.05) is 50.8 Å². The maximum absolute atomic E-state index is 14.2. The summed E-state index contributed by atoms with van der Waals surface area (Å²) in [6.07, 6.45) is 9.18. The van der Waals surface area contributed by atoms with Crippen molar-refractivity contribution in [3.63, 3.8) is 0 Å². The molecule has 5 rings (SSSR count). The fourth-order valence-electron chi connectivity index (χ4n) is 5.44. The van der Waals surface area contributed by atoms with Gasteiger partial charge in [0.05, 0.1) is 36.5 Å². The number of aryl methyl sites for hydroxylation is 3. The Morgan fingerprint density at radius 3 is 2.41 bits per heavy atom. The van der Waals surface area contributed by atoms with Crippen LogP contribution < -0.4 is 4.90 Å². The quantitative estimate of drug-likeness (QED) is 0.314. The molecule has 0 amide bonds. The molecule has 10 heteroatoms. The Balaban J connectivity index is 1.58. The Labute approximate surface area is 230 Å². The summed E-state index contributed by atoms with van der Waals surface area (Å²) in [5.41, 5.74) is 4.56. The van der Waals surface area contributed by atoms with Crippen LogP contribution in [0.25, 0.3) is 0 Å². The third-order valence-electron chi connectivity index (χ3n) is 7.63. The van der Waals surface area contributed by atoms with Crippen molar-refractivity contribution in [3.05, 3.63) is 96.0 Å². The van der Waals surface area contributed by atoms with Crippen LogP contribution in [-0.2, 0) is 37.2 Å². The van der Waals surface area contributed by atoms with Crippen LogP contribution in [0.5, 0.6) is 0 Å². The van der Waals surface area contributed by atoms with Gasteiger partial charge in [-0.05, 0) is 61.6 Å². The second kappa shape index (κ2) is 11.0. The third-order valence-corrected chi connectivity index (χ3v) is 9.39. The lowest BCUT2D eigenvalue weighted by atomic mass is 10.1. The SMILES string of the molecule is Cc1ccccc1CN([C@H]1CCC[C@@H]1N(Cc1cncn1C)c1ccc(C#N)cc1)S(=O)(=O)c1cn(C)cn1. The highest BCUT2D eigenvalue weighted by atomic mass is 32.2. The van der Waals surface area contributed by atoms with Gasteiger partial charge in [-0.15, -0.1) is 0 Å². The molecule has 1 aliphatic carbocycles. The molecule has 1 saturated carbocycles. The van der Waals surface area contributed by atoms with E-state index in [0.29, 0.717) is 12.1 Å². The molecule has 1 fully saturated rings. The molecule has 2 aromatic carbocycles. The number of rotatable bonds is 9. The van der Waals surface area contributed by atoms with Crippen LogP contribution in [0.3, 0.4) is 0 Å². The molecule has 4 aromatic rings. The molecular weight excluding hydrogens is 510 g/mol. The van der Waals surface area contributed by atoms with E-state index in [2.05, 4.69) is 20.9 Å². The molecule has 202 valence electrons. The Bertz CT molecular complexity index is 1580. The van der Waals surface area contributed by atoms with Crippen molar-refractivity contribution in [2.24, 2.45) is 14.1 Å². The summed E-state index contributed by atoms with van der Waals surface area (Å²) in [5, 5.41) is 9.40. The van der Waals surface area contributed by atoms with Gasteiger partial charge in [-0.25, -0.2) is 18.4 Å². The molecule has 39 heavy (non-hydrogen) atoms. The predicted octanol–water partition coefficient (Wildman–Crippen LogP) is 4.15. The van der Waals surface area contributed by atoms with Gasteiger partial charge in [-0.1, -0.05) is 24.3 Å². The summed E-state index contributed by atoms with van der Waals surface area (Å²) in [5.74, 6) is 0. The fraction of sp³-hybridized carbons (Fsp3) is 0.345.